The van der Waals surface area contributed by atoms with Gasteiger partial charge in [-0.15, -0.1) is 0 Å². The fraction of sp³-hybridized carbons (Fsp3) is 0.300. The number of nitrogens with two attached hydrogens (primary N) is 1. The summed E-state index contributed by atoms with van der Waals surface area (Å²) in [4.78, 5) is 25.6. The Bertz CT molecular complexity index is 377. The van der Waals surface area contributed by atoms with Gasteiger partial charge in [0.2, 0.25) is 0 Å². The molecule has 0 aromatic carbocycles. The molecule has 0 saturated heterocycles. The first kappa shape index (κ1) is 11.2. The van der Waals surface area contributed by atoms with E-state index in [1.807, 2.05) is 0 Å². The van der Waals surface area contributed by atoms with E-state index in [1.54, 1.807) is 6.92 Å². The van der Waals surface area contributed by atoms with Gasteiger partial charge >= 0.3 is 5.97 Å². The van der Waals surface area contributed by atoms with Gasteiger partial charge in [-0.3, -0.25) is 14.6 Å². The Morgan fingerprint density at radius 3 is 3.00 bits per heavy atom. The molecule has 2 N–H and O–H groups in total. The van der Waals surface area contributed by atoms with E-state index < -0.39 is 0 Å². The van der Waals surface area contributed by atoms with Crippen molar-refractivity contribution < 1.29 is 14.3 Å². The molecule has 0 radical (unpaired) electrons. The molecule has 0 spiro atoms. The van der Waals surface area contributed by atoms with Crippen LogP contribution in [0.3, 0.4) is 0 Å². The number of carbonyl (C=O) groups is 2. The lowest BCUT2D eigenvalue weighted by Gasteiger charge is -2.03. The minimum Gasteiger partial charge on any atom is -0.466 e. The normalized spacial score (nSPS) is 9.67. The van der Waals surface area contributed by atoms with Crippen LogP contribution in [0.1, 0.15) is 23.0 Å². The number of aldehydes is 1. The minimum absolute atomic E-state index is 0.0506. The zero-order valence-electron chi connectivity index (χ0n) is 8.40. The van der Waals surface area contributed by atoms with Crippen LogP contribution < -0.4 is 5.73 Å². The van der Waals surface area contributed by atoms with E-state index in [2.05, 4.69) is 4.98 Å². The molecule has 5 nitrogen and oxygen atoms in total. The van der Waals surface area contributed by atoms with E-state index in [4.69, 9.17) is 10.5 Å². The van der Waals surface area contributed by atoms with Crippen LogP contribution >= 0.6 is 0 Å². The summed E-state index contributed by atoms with van der Waals surface area (Å²) in [6.45, 7) is 2.06. The van der Waals surface area contributed by atoms with Crippen molar-refractivity contribution in [3.8, 4) is 0 Å². The van der Waals surface area contributed by atoms with Crippen molar-refractivity contribution in [1.29, 1.82) is 0 Å². The number of anilines is 1. The molecular formula is C10H12N2O3. The highest BCUT2D eigenvalue weighted by atomic mass is 16.5. The van der Waals surface area contributed by atoms with Gasteiger partial charge in [-0.05, 0) is 13.0 Å². The molecule has 0 fully saturated rings. The SMILES string of the molecule is CCOC(=O)Cc1cc(C=O)c(N)cn1. The summed E-state index contributed by atoms with van der Waals surface area (Å²) < 4.78 is 4.75. The Balaban J connectivity index is 2.78. The first-order chi connectivity index (χ1) is 7.17. The predicted octanol–water partition coefficient (Wildman–Crippen LogP) is 0.582. The van der Waals surface area contributed by atoms with Crippen molar-refractivity contribution in [3.63, 3.8) is 0 Å². The van der Waals surface area contributed by atoms with Gasteiger partial charge < -0.3 is 10.5 Å². The number of carbonyl (C=O) groups excluding carboxylic acids is 2. The lowest BCUT2D eigenvalue weighted by atomic mass is 10.2. The molecule has 0 atom stereocenters. The smallest absolute Gasteiger partial charge is 0.311 e. The van der Waals surface area contributed by atoms with E-state index >= 15 is 0 Å². The maximum atomic E-state index is 11.1. The highest BCUT2D eigenvalue weighted by Crippen LogP contribution is 2.09. The molecule has 0 amide bonds. The zero-order chi connectivity index (χ0) is 11.3. The van der Waals surface area contributed by atoms with Gasteiger partial charge in [0.15, 0.2) is 6.29 Å². The molecule has 0 saturated carbocycles. The van der Waals surface area contributed by atoms with Crippen molar-refractivity contribution in [3.05, 3.63) is 23.5 Å². The van der Waals surface area contributed by atoms with Crippen molar-refractivity contribution in [1.82, 2.24) is 4.98 Å². The van der Waals surface area contributed by atoms with Crippen molar-refractivity contribution >= 4 is 17.9 Å². The summed E-state index contributed by atoms with van der Waals surface area (Å²) >= 11 is 0. The summed E-state index contributed by atoms with van der Waals surface area (Å²) in [7, 11) is 0. The van der Waals surface area contributed by atoms with Crippen LogP contribution in [0.15, 0.2) is 12.3 Å². The third-order valence-corrected chi connectivity index (χ3v) is 1.78. The third-order valence-electron chi connectivity index (χ3n) is 1.78. The van der Waals surface area contributed by atoms with Gasteiger partial charge in [-0.2, -0.15) is 0 Å². The maximum Gasteiger partial charge on any atom is 0.311 e. The Morgan fingerprint density at radius 1 is 1.67 bits per heavy atom. The highest BCUT2D eigenvalue weighted by molar-refractivity contribution is 5.83. The van der Waals surface area contributed by atoms with Crippen LogP contribution in [-0.2, 0) is 16.0 Å². The lowest BCUT2D eigenvalue weighted by Crippen LogP contribution is -2.09. The average molecular weight is 208 g/mol. The molecule has 1 aromatic rings. The lowest BCUT2D eigenvalue weighted by molar-refractivity contribution is -0.142. The number of rotatable bonds is 4. The fourth-order valence-electron chi connectivity index (χ4n) is 1.09. The number of ether oxygens (including phenoxy) is 1. The second-order valence-corrected chi connectivity index (χ2v) is 2.90. The first-order valence-electron chi connectivity index (χ1n) is 4.52. The van der Waals surface area contributed by atoms with Crippen molar-refractivity contribution in [2.45, 2.75) is 13.3 Å². The van der Waals surface area contributed by atoms with E-state index in [9.17, 15) is 9.59 Å². The van der Waals surface area contributed by atoms with Crippen LogP contribution in [-0.4, -0.2) is 23.8 Å². The van der Waals surface area contributed by atoms with Crippen molar-refractivity contribution in [2.75, 3.05) is 12.3 Å². The van der Waals surface area contributed by atoms with Crippen LogP contribution in [0.4, 0.5) is 5.69 Å². The number of pyridine rings is 1. The van der Waals surface area contributed by atoms with Gasteiger partial charge in [0, 0.05) is 5.56 Å². The quantitative estimate of drug-likeness (QED) is 0.578. The average Bonchev–Trinajstić information content (AvgIpc) is 2.21. The number of esters is 1. The van der Waals surface area contributed by atoms with Crippen LogP contribution in [0.2, 0.25) is 0 Å². The number of nitrogens with zero attached hydrogens (tertiary/aromatic N) is 1. The fourth-order valence-corrected chi connectivity index (χ4v) is 1.09. The molecule has 0 unspecified atom stereocenters. The molecule has 0 aliphatic rings. The maximum absolute atomic E-state index is 11.1. The van der Waals surface area contributed by atoms with E-state index in [-0.39, 0.29) is 12.4 Å². The molecule has 0 bridgehead atoms. The molecule has 5 heteroatoms. The first-order valence-corrected chi connectivity index (χ1v) is 4.52. The van der Waals surface area contributed by atoms with Crippen LogP contribution in [0.5, 0.6) is 0 Å². The summed E-state index contributed by atoms with van der Waals surface area (Å²) in [6.07, 6.45) is 2.04. The highest BCUT2D eigenvalue weighted by Gasteiger charge is 2.07. The molecule has 1 heterocycles. The second kappa shape index (κ2) is 5.09. The summed E-state index contributed by atoms with van der Waals surface area (Å²) in [6, 6.07) is 1.49. The number of hydrogen-bond acceptors (Lipinski definition) is 5. The molecule has 1 aromatic heterocycles. The van der Waals surface area contributed by atoms with Crippen LogP contribution in [0.25, 0.3) is 0 Å². The van der Waals surface area contributed by atoms with Gasteiger partial charge in [0.05, 0.1) is 30.6 Å². The van der Waals surface area contributed by atoms with E-state index in [1.165, 1.54) is 12.3 Å². The Kier molecular flexibility index (Phi) is 3.79. The number of hydrogen-bond donors (Lipinski definition) is 1. The van der Waals surface area contributed by atoms with Crippen molar-refractivity contribution in [2.24, 2.45) is 0 Å². The molecular weight excluding hydrogens is 196 g/mol. The largest absolute Gasteiger partial charge is 0.466 e. The van der Waals surface area contributed by atoms with Gasteiger partial charge in [0.1, 0.15) is 0 Å². The Labute approximate surface area is 87.3 Å². The number of aromatic nitrogens is 1. The van der Waals surface area contributed by atoms with E-state index in [0.29, 0.717) is 29.8 Å². The molecule has 1 rings (SSSR count). The zero-order valence-corrected chi connectivity index (χ0v) is 8.40. The standard InChI is InChI=1S/C10H12N2O3/c1-2-15-10(14)4-8-3-7(6-13)9(11)5-12-8/h3,5-6H,2,4,11H2,1H3. The monoisotopic (exact) mass is 208 g/mol. The molecule has 80 valence electrons. The Hall–Kier alpha value is -1.91. The van der Waals surface area contributed by atoms with Gasteiger partial charge in [0.25, 0.3) is 0 Å². The molecule has 15 heavy (non-hydrogen) atoms. The number of nitrogen functional groups attached to an aromatic ring is 1. The second-order valence-electron chi connectivity index (χ2n) is 2.90. The molecule has 0 aliphatic heterocycles. The minimum atomic E-state index is -0.369. The van der Waals surface area contributed by atoms with E-state index in [0.717, 1.165) is 0 Å². The summed E-state index contributed by atoms with van der Waals surface area (Å²) in [5.74, 6) is -0.369. The third kappa shape index (κ3) is 3.05. The van der Waals surface area contributed by atoms with Gasteiger partial charge in [-0.1, -0.05) is 0 Å². The Morgan fingerprint density at radius 2 is 2.40 bits per heavy atom. The molecule has 0 aliphatic carbocycles. The summed E-state index contributed by atoms with van der Waals surface area (Å²) in [5.41, 5.74) is 6.60. The summed E-state index contributed by atoms with van der Waals surface area (Å²) in [5, 5.41) is 0. The predicted molar refractivity (Wildman–Crippen MR) is 54.4 cm³/mol. The topological polar surface area (TPSA) is 82.3 Å². The van der Waals surface area contributed by atoms with Crippen LogP contribution in [0, 0.1) is 0 Å². The van der Waals surface area contributed by atoms with Gasteiger partial charge in [-0.25, -0.2) is 0 Å².